The summed E-state index contributed by atoms with van der Waals surface area (Å²) >= 11 is 0. The first-order valence-corrected chi connectivity index (χ1v) is 8.59. The average Bonchev–Trinajstić information content (AvgIpc) is 2.63. The van der Waals surface area contributed by atoms with Gasteiger partial charge in [-0.2, -0.15) is 0 Å². The Labute approximate surface area is 153 Å². The lowest BCUT2D eigenvalue weighted by molar-refractivity contribution is -0.137. The Hall–Kier alpha value is -2.89. The number of aromatic nitrogens is 1. The monoisotopic (exact) mass is 356 g/mol. The highest BCUT2D eigenvalue weighted by Gasteiger charge is 2.18. The van der Waals surface area contributed by atoms with E-state index in [1.807, 2.05) is 44.2 Å². The van der Waals surface area contributed by atoms with E-state index < -0.39 is 5.97 Å². The highest BCUT2D eigenvalue weighted by Crippen LogP contribution is 2.15. The zero-order valence-corrected chi connectivity index (χ0v) is 15.1. The van der Waals surface area contributed by atoms with Crippen molar-refractivity contribution >= 4 is 11.9 Å². The number of hydrogen-bond donors (Lipinski definition) is 1. The molecule has 1 N–H and O–H groups in total. The number of pyridine rings is 1. The molecule has 0 radical (unpaired) electrons. The maximum absolute atomic E-state index is 12.8. The van der Waals surface area contributed by atoms with Crippen LogP contribution in [0.15, 0.2) is 48.7 Å². The van der Waals surface area contributed by atoms with Crippen LogP contribution in [0.2, 0.25) is 0 Å². The third-order valence-corrected chi connectivity index (χ3v) is 3.68. The first kappa shape index (κ1) is 19.4. The molecule has 1 amide bonds. The van der Waals surface area contributed by atoms with Crippen molar-refractivity contribution in [1.29, 1.82) is 0 Å². The molecule has 26 heavy (non-hydrogen) atoms. The second kappa shape index (κ2) is 9.56. The van der Waals surface area contributed by atoms with E-state index in [1.54, 1.807) is 17.0 Å². The Morgan fingerprint density at radius 2 is 1.92 bits per heavy atom. The molecule has 0 unspecified atom stereocenters. The fourth-order valence-electron chi connectivity index (χ4n) is 2.48. The van der Waals surface area contributed by atoms with Crippen molar-refractivity contribution in [3.05, 3.63) is 59.8 Å². The molecule has 2 rings (SSSR count). The zero-order chi connectivity index (χ0) is 18.9. The van der Waals surface area contributed by atoms with Crippen LogP contribution in [0, 0.1) is 5.92 Å². The summed E-state index contributed by atoms with van der Waals surface area (Å²) in [6, 6.07) is 12.9. The highest BCUT2D eigenvalue weighted by atomic mass is 16.5. The number of amides is 1. The molecule has 0 fully saturated rings. The molecule has 0 aliphatic heterocycles. The van der Waals surface area contributed by atoms with Crippen molar-refractivity contribution < 1.29 is 19.4 Å². The van der Waals surface area contributed by atoms with Crippen molar-refractivity contribution in [2.75, 3.05) is 13.1 Å². The fourth-order valence-corrected chi connectivity index (χ4v) is 2.48. The van der Waals surface area contributed by atoms with Crippen LogP contribution in [0.4, 0.5) is 0 Å². The SMILES string of the molecule is CC(C)CN(CCC(=O)O)C(=O)c1ccnc(OCc2ccccc2)c1. The van der Waals surface area contributed by atoms with Gasteiger partial charge in [-0.05, 0) is 17.5 Å². The summed E-state index contributed by atoms with van der Waals surface area (Å²) in [6.07, 6.45) is 1.44. The van der Waals surface area contributed by atoms with Crippen LogP contribution in [-0.4, -0.2) is 40.0 Å². The number of aliphatic carboxylic acids is 1. The van der Waals surface area contributed by atoms with Gasteiger partial charge in [0, 0.05) is 30.9 Å². The molecule has 1 aromatic carbocycles. The summed E-state index contributed by atoms with van der Waals surface area (Å²) in [5.41, 5.74) is 1.45. The summed E-state index contributed by atoms with van der Waals surface area (Å²) in [7, 11) is 0. The van der Waals surface area contributed by atoms with Gasteiger partial charge in [-0.1, -0.05) is 44.2 Å². The lowest BCUT2D eigenvalue weighted by atomic mass is 10.1. The predicted octanol–water partition coefficient (Wildman–Crippen LogP) is 3.23. The van der Waals surface area contributed by atoms with Gasteiger partial charge in [-0.25, -0.2) is 4.98 Å². The first-order chi connectivity index (χ1) is 12.5. The van der Waals surface area contributed by atoms with Gasteiger partial charge in [0.15, 0.2) is 0 Å². The molecular formula is C20H24N2O4. The molecule has 6 heteroatoms. The number of rotatable bonds is 9. The lowest BCUT2D eigenvalue weighted by Gasteiger charge is -2.24. The van der Waals surface area contributed by atoms with E-state index in [1.165, 1.54) is 6.20 Å². The molecule has 0 aliphatic carbocycles. The number of carbonyl (C=O) groups excluding carboxylic acids is 1. The smallest absolute Gasteiger partial charge is 0.305 e. The Morgan fingerprint density at radius 1 is 1.19 bits per heavy atom. The van der Waals surface area contributed by atoms with Crippen molar-refractivity contribution in [3.63, 3.8) is 0 Å². The van der Waals surface area contributed by atoms with Gasteiger partial charge in [0.25, 0.3) is 5.91 Å². The third kappa shape index (κ3) is 6.20. The molecule has 138 valence electrons. The highest BCUT2D eigenvalue weighted by molar-refractivity contribution is 5.94. The van der Waals surface area contributed by atoms with Crippen LogP contribution >= 0.6 is 0 Å². The largest absolute Gasteiger partial charge is 0.481 e. The second-order valence-electron chi connectivity index (χ2n) is 6.45. The minimum Gasteiger partial charge on any atom is -0.481 e. The molecule has 0 aliphatic rings. The number of hydrogen-bond acceptors (Lipinski definition) is 4. The molecule has 0 atom stereocenters. The molecule has 1 aromatic heterocycles. The Balaban J connectivity index is 2.07. The van der Waals surface area contributed by atoms with E-state index >= 15 is 0 Å². The Kier molecular flexibility index (Phi) is 7.14. The summed E-state index contributed by atoms with van der Waals surface area (Å²) in [6.45, 7) is 5.01. The summed E-state index contributed by atoms with van der Waals surface area (Å²) in [5.74, 6) is -0.536. The van der Waals surface area contributed by atoms with Crippen LogP contribution < -0.4 is 4.74 Å². The number of carboxylic acid groups (broad SMARTS) is 1. The van der Waals surface area contributed by atoms with Crippen molar-refractivity contribution in [3.8, 4) is 5.88 Å². The molecule has 0 bridgehead atoms. The Bertz CT molecular complexity index is 732. The molecule has 0 spiro atoms. The van der Waals surface area contributed by atoms with Gasteiger partial charge in [0.2, 0.25) is 5.88 Å². The van der Waals surface area contributed by atoms with Crippen LogP contribution in [0.1, 0.15) is 36.2 Å². The van der Waals surface area contributed by atoms with Gasteiger partial charge in [0.1, 0.15) is 6.61 Å². The zero-order valence-electron chi connectivity index (χ0n) is 15.1. The van der Waals surface area contributed by atoms with E-state index in [0.29, 0.717) is 24.6 Å². The maximum atomic E-state index is 12.8. The number of carboxylic acids is 1. The fraction of sp³-hybridized carbons (Fsp3) is 0.350. The topological polar surface area (TPSA) is 79.7 Å². The molecule has 6 nitrogen and oxygen atoms in total. The Morgan fingerprint density at radius 3 is 2.58 bits per heavy atom. The lowest BCUT2D eigenvalue weighted by Crippen LogP contribution is -2.36. The van der Waals surface area contributed by atoms with E-state index in [0.717, 1.165) is 5.56 Å². The van der Waals surface area contributed by atoms with Crippen molar-refractivity contribution in [2.24, 2.45) is 5.92 Å². The van der Waals surface area contributed by atoms with Gasteiger partial charge >= 0.3 is 5.97 Å². The number of benzene rings is 1. The van der Waals surface area contributed by atoms with Gasteiger partial charge in [-0.3, -0.25) is 9.59 Å². The van der Waals surface area contributed by atoms with Crippen LogP contribution in [0.25, 0.3) is 0 Å². The first-order valence-electron chi connectivity index (χ1n) is 8.59. The van der Waals surface area contributed by atoms with Gasteiger partial charge in [-0.15, -0.1) is 0 Å². The molecule has 0 saturated heterocycles. The average molecular weight is 356 g/mol. The predicted molar refractivity (Wildman–Crippen MR) is 98.0 cm³/mol. The summed E-state index contributed by atoms with van der Waals surface area (Å²) in [4.78, 5) is 29.3. The summed E-state index contributed by atoms with van der Waals surface area (Å²) < 4.78 is 5.67. The van der Waals surface area contributed by atoms with E-state index in [9.17, 15) is 9.59 Å². The maximum Gasteiger partial charge on any atom is 0.305 e. The number of ether oxygens (including phenoxy) is 1. The normalized spacial score (nSPS) is 10.6. The van der Waals surface area contributed by atoms with Crippen molar-refractivity contribution in [2.45, 2.75) is 26.9 Å². The number of nitrogens with zero attached hydrogens (tertiary/aromatic N) is 2. The standard InChI is InChI=1S/C20H24N2O4/c1-15(2)13-22(11-9-19(23)24)20(25)17-8-10-21-18(12-17)26-14-16-6-4-3-5-7-16/h3-8,10,12,15H,9,11,13-14H2,1-2H3,(H,23,24). The van der Waals surface area contributed by atoms with Gasteiger partial charge in [0.05, 0.1) is 6.42 Å². The van der Waals surface area contributed by atoms with Crippen LogP contribution in [0.5, 0.6) is 5.88 Å². The third-order valence-electron chi connectivity index (χ3n) is 3.68. The van der Waals surface area contributed by atoms with Crippen molar-refractivity contribution in [1.82, 2.24) is 9.88 Å². The van der Waals surface area contributed by atoms with E-state index in [4.69, 9.17) is 9.84 Å². The van der Waals surface area contributed by atoms with Gasteiger partial charge < -0.3 is 14.7 Å². The van der Waals surface area contributed by atoms with E-state index in [-0.39, 0.29) is 24.8 Å². The molecule has 1 heterocycles. The quantitative estimate of drug-likeness (QED) is 0.746. The molecule has 2 aromatic rings. The van der Waals surface area contributed by atoms with Crippen LogP contribution in [0.3, 0.4) is 0 Å². The summed E-state index contributed by atoms with van der Waals surface area (Å²) in [5, 5.41) is 8.90. The minimum absolute atomic E-state index is 0.0824. The van der Waals surface area contributed by atoms with E-state index in [2.05, 4.69) is 4.98 Å². The molecular weight excluding hydrogens is 332 g/mol. The minimum atomic E-state index is -0.923. The second-order valence-corrected chi connectivity index (χ2v) is 6.45. The molecule has 0 saturated carbocycles. The van der Waals surface area contributed by atoms with Crippen LogP contribution in [-0.2, 0) is 11.4 Å². The number of carbonyl (C=O) groups is 2.